The van der Waals surface area contributed by atoms with Crippen LogP contribution >= 0.6 is 0 Å². The molecule has 0 aromatic carbocycles. The van der Waals surface area contributed by atoms with Crippen LogP contribution in [0.1, 0.15) is 16.1 Å². The minimum absolute atomic E-state index is 0.119. The van der Waals surface area contributed by atoms with Gasteiger partial charge in [0, 0.05) is 32.5 Å². The van der Waals surface area contributed by atoms with Crippen molar-refractivity contribution >= 4 is 11.7 Å². The third-order valence-corrected chi connectivity index (χ3v) is 3.69. The molecule has 0 radical (unpaired) electrons. The highest BCUT2D eigenvalue weighted by Crippen LogP contribution is 2.06. The van der Waals surface area contributed by atoms with Crippen molar-refractivity contribution < 1.29 is 4.79 Å². The second-order valence-corrected chi connectivity index (χ2v) is 5.70. The van der Waals surface area contributed by atoms with Crippen molar-refractivity contribution in [3.8, 4) is 5.82 Å². The van der Waals surface area contributed by atoms with Crippen LogP contribution < -0.4 is 16.2 Å². The molecule has 0 atom stereocenters. The van der Waals surface area contributed by atoms with Crippen LogP contribution in [-0.4, -0.2) is 43.5 Å². The first-order valence-electron chi connectivity index (χ1n) is 8.09. The van der Waals surface area contributed by atoms with Gasteiger partial charge in [0.25, 0.3) is 11.5 Å². The highest BCUT2D eigenvalue weighted by atomic mass is 16.2. The molecule has 0 aliphatic rings. The van der Waals surface area contributed by atoms with Crippen LogP contribution in [-0.2, 0) is 7.05 Å². The molecular weight excluding hydrogens is 334 g/mol. The zero-order valence-corrected chi connectivity index (χ0v) is 14.5. The van der Waals surface area contributed by atoms with E-state index in [4.69, 9.17) is 0 Å². The second-order valence-electron chi connectivity index (χ2n) is 5.70. The quantitative estimate of drug-likeness (QED) is 0.626. The normalized spacial score (nSPS) is 10.5. The summed E-state index contributed by atoms with van der Waals surface area (Å²) in [6.45, 7) is 2.70. The summed E-state index contributed by atoms with van der Waals surface area (Å²) in [6.07, 6.45) is 3.42. The smallest absolute Gasteiger partial charge is 0.263 e. The Morgan fingerprint density at radius 2 is 1.96 bits per heavy atom. The van der Waals surface area contributed by atoms with Crippen LogP contribution in [0.3, 0.4) is 0 Å². The van der Waals surface area contributed by atoms with Crippen LogP contribution in [0.5, 0.6) is 0 Å². The number of nitrogens with zero attached hydrogens (tertiary/aromatic N) is 5. The molecule has 0 saturated carbocycles. The third kappa shape index (κ3) is 3.94. The summed E-state index contributed by atoms with van der Waals surface area (Å²) in [4.78, 5) is 23.9. The Morgan fingerprint density at radius 3 is 2.65 bits per heavy atom. The Morgan fingerprint density at radius 1 is 1.12 bits per heavy atom. The van der Waals surface area contributed by atoms with Crippen molar-refractivity contribution in [2.45, 2.75) is 6.92 Å². The number of carbonyl (C=O) groups is 1. The average molecular weight is 353 g/mol. The summed E-state index contributed by atoms with van der Waals surface area (Å²) in [7, 11) is 1.60. The van der Waals surface area contributed by atoms with E-state index in [-0.39, 0.29) is 11.1 Å². The molecule has 3 aromatic heterocycles. The minimum Gasteiger partial charge on any atom is -0.367 e. The zero-order valence-electron chi connectivity index (χ0n) is 14.5. The lowest BCUT2D eigenvalue weighted by Crippen LogP contribution is -2.34. The number of aryl methyl sites for hydroxylation is 2. The zero-order chi connectivity index (χ0) is 18.5. The first-order valence-corrected chi connectivity index (χ1v) is 8.09. The predicted molar refractivity (Wildman–Crippen MR) is 96.4 cm³/mol. The lowest BCUT2D eigenvalue weighted by atomic mass is 10.2. The Balaban J connectivity index is 1.50. The molecule has 3 rings (SSSR count). The van der Waals surface area contributed by atoms with Crippen molar-refractivity contribution in [2.24, 2.45) is 7.05 Å². The number of carbonyl (C=O) groups excluding carboxylic acids is 1. The first kappa shape index (κ1) is 17.3. The molecule has 0 unspecified atom stereocenters. The topological polar surface area (TPSA) is 107 Å². The Hall–Kier alpha value is -3.49. The maximum absolute atomic E-state index is 12.0. The van der Waals surface area contributed by atoms with Crippen LogP contribution in [0.2, 0.25) is 0 Å². The van der Waals surface area contributed by atoms with Crippen molar-refractivity contribution in [2.75, 3.05) is 18.4 Å². The molecule has 0 bridgehead atoms. The summed E-state index contributed by atoms with van der Waals surface area (Å²) in [5.41, 5.74) is 0.694. The van der Waals surface area contributed by atoms with Gasteiger partial charge in [-0.15, -0.1) is 10.2 Å². The van der Waals surface area contributed by atoms with Gasteiger partial charge >= 0.3 is 0 Å². The molecule has 134 valence electrons. The van der Waals surface area contributed by atoms with Crippen molar-refractivity contribution in [1.82, 2.24) is 29.9 Å². The molecule has 9 nitrogen and oxygen atoms in total. The number of hydrogen-bond acceptors (Lipinski definition) is 6. The van der Waals surface area contributed by atoms with Crippen LogP contribution in [0.25, 0.3) is 5.82 Å². The number of rotatable bonds is 6. The van der Waals surface area contributed by atoms with Gasteiger partial charge in [-0.2, -0.15) is 5.10 Å². The lowest BCUT2D eigenvalue weighted by molar-refractivity contribution is 0.0953. The number of amides is 1. The number of hydrogen-bond donors (Lipinski definition) is 2. The van der Waals surface area contributed by atoms with Gasteiger partial charge in [-0.25, -0.2) is 4.68 Å². The summed E-state index contributed by atoms with van der Waals surface area (Å²) in [6, 6.07) is 8.64. The SMILES string of the molecule is Cc1ccn(-c2ccc(NCCNC(=O)c3cccn(C)c3=O)nn2)n1. The number of pyridine rings is 1. The molecule has 3 heterocycles. The molecule has 1 amide bonds. The van der Waals surface area contributed by atoms with E-state index in [1.54, 1.807) is 36.1 Å². The summed E-state index contributed by atoms with van der Waals surface area (Å²) in [5, 5.41) is 18.2. The largest absolute Gasteiger partial charge is 0.367 e. The Labute approximate surface area is 149 Å². The van der Waals surface area contributed by atoms with Crippen molar-refractivity contribution in [3.05, 3.63) is 64.3 Å². The highest BCUT2D eigenvalue weighted by Gasteiger charge is 2.10. The van der Waals surface area contributed by atoms with E-state index >= 15 is 0 Å². The monoisotopic (exact) mass is 353 g/mol. The third-order valence-electron chi connectivity index (χ3n) is 3.69. The van der Waals surface area contributed by atoms with Crippen LogP contribution in [0, 0.1) is 6.92 Å². The molecule has 0 aliphatic carbocycles. The summed E-state index contributed by atoms with van der Waals surface area (Å²) < 4.78 is 3.01. The maximum Gasteiger partial charge on any atom is 0.263 e. The van der Waals surface area contributed by atoms with Crippen molar-refractivity contribution in [3.63, 3.8) is 0 Å². The van der Waals surface area contributed by atoms with E-state index in [0.717, 1.165) is 5.69 Å². The maximum atomic E-state index is 12.0. The lowest BCUT2D eigenvalue weighted by Gasteiger charge is -2.08. The van der Waals surface area contributed by atoms with E-state index in [1.807, 2.05) is 19.2 Å². The average Bonchev–Trinajstić information content (AvgIpc) is 3.08. The van der Waals surface area contributed by atoms with E-state index in [9.17, 15) is 9.59 Å². The highest BCUT2D eigenvalue weighted by molar-refractivity contribution is 5.93. The Kier molecular flexibility index (Phi) is 5.07. The number of anilines is 1. The van der Waals surface area contributed by atoms with Crippen LogP contribution in [0.15, 0.2) is 47.5 Å². The molecule has 0 saturated heterocycles. The molecule has 0 spiro atoms. The number of aromatic nitrogens is 5. The predicted octanol–water partition coefficient (Wildman–Crippen LogP) is 0.511. The second kappa shape index (κ2) is 7.60. The fraction of sp³-hybridized carbons (Fsp3) is 0.235. The molecule has 26 heavy (non-hydrogen) atoms. The first-order chi connectivity index (χ1) is 12.5. The van der Waals surface area contributed by atoms with Gasteiger partial charge < -0.3 is 15.2 Å². The molecular formula is C17H19N7O2. The van der Waals surface area contributed by atoms with E-state index in [1.165, 1.54) is 10.6 Å². The molecule has 0 aliphatic heterocycles. The summed E-state index contributed by atoms with van der Waals surface area (Å²) in [5.74, 6) is 0.808. The molecule has 0 fully saturated rings. The standard InChI is InChI=1S/C17H19N7O2/c1-12-7-11-24(22-12)15-6-5-14(20-21-15)18-8-9-19-16(25)13-4-3-10-23(2)17(13)26/h3-7,10-11H,8-9H2,1-2H3,(H,18,20)(H,19,25). The molecule has 9 heteroatoms. The van der Waals surface area contributed by atoms with Gasteiger partial charge in [0.1, 0.15) is 11.4 Å². The van der Waals surface area contributed by atoms with Gasteiger partial charge in [0.05, 0.1) is 5.69 Å². The number of nitrogens with one attached hydrogen (secondary N) is 2. The van der Waals surface area contributed by atoms with Crippen molar-refractivity contribution in [1.29, 1.82) is 0 Å². The van der Waals surface area contributed by atoms with E-state index in [0.29, 0.717) is 24.7 Å². The minimum atomic E-state index is -0.400. The van der Waals surface area contributed by atoms with Gasteiger partial charge in [-0.1, -0.05) is 0 Å². The van der Waals surface area contributed by atoms with Gasteiger partial charge in [0.2, 0.25) is 0 Å². The van der Waals surface area contributed by atoms with Gasteiger partial charge in [-0.05, 0) is 37.3 Å². The Bertz CT molecular complexity index is 960. The molecule has 3 aromatic rings. The van der Waals surface area contributed by atoms with E-state index < -0.39 is 5.91 Å². The van der Waals surface area contributed by atoms with Gasteiger partial charge in [0.15, 0.2) is 5.82 Å². The fourth-order valence-corrected chi connectivity index (χ4v) is 2.32. The fourth-order valence-electron chi connectivity index (χ4n) is 2.32. The van der Waals surface area contributed by atoms with Gasteiger partial charge in [-0.3, -0.25) is 9.59 Å². The summed E-state index contributed by atoms with van der Waals surface area (Å²) >= 11 is 0. The molecule has 2 N–H and O–H groups in total. The van der Waals surface area contributed by atoms with Crippen LogP contribution in [0.4, 0.5) is 5.82 Å². The van der Waals surface area contributed by atoms with E-state index in [2.05, 4.69) is 25.9 Å².